The van der Waals surface area contributed by atoms with E-state index in [0.29, 0.717) is 16.6 Å². The maximum absolute atomic E-state index is 13.2. The average Bonchev–Trinajstić information content (AvgIpc) is 3.25. The van der Waals surface area contributed by atoms with Crippen molar-refractivity contribution in [1.29, 1.82) is 0 Å². The Balaban J connectivity index is 1.78. The van der Waals surface area contributed by atoms with Crippen LogP contribution in [0.2, 0.25) is 0 Å². The predicted molar refractivity (Wildman–Crippen MR) is 113 cm³/mol. The Morgan fingerprint density at radius 3 is 2.52 bits per heavy atom. The minimum Gasteiger partial charge on any atom is -0.305 e. The van der Waals surface area contributed by atoms with Crippen LogP contribution in [0, 0.1) is 6.92 Å². The first-order valence-corrected chi connectivity index (χ1v) is 10.4. The molecule has 0 amide bonds. The van der Waals surface area contributed by atoms with E-state index in [1.807, 2.05) is 36.6 Å². The molecule has 0 aliphatic rings. The molecule has 4 nitrogen and oxygen atoms in total. The number of thiazole rings is 1. The molecular weight excluding hydrogens is 465 g/mol. The summed E-state index contributed by atoms with van der Waals surface area (Å²) < 4.78 is 41.9. The van der Waals surface area contributed by atoms with Gasteiger partial charge in [0.2, 0.25) is 0 Å². The number of alkyl halides is 3. The van der Waals surface area contributed by atoms with Crippen LogP contribution in [0.1, 0.15) is 11.3 Å². The number of rotatable bonds is 4. The summed E-state index contributed by atoms with van der Waals surface area (Å²) in [5, 5.41) is 2.49. The van der Waals surface area contributed by atoms with Crippen LogP contribution >= 0.6 is 27.3 Å². The van der Waals surface area contributed by atoms with Crippen molar-refractivity contribution < 1.29 is 13.2 Å². The second-order valence-corrected chi connectivity index (χ2v) is 8.44. The van der Waals surface area contributed by atoms with Gasteiger partial charge >= 0.3 is 6.18 Å². The number of nitrogens with zero attached hydrogens (tertiary/aromatic N) is 4. The van der Waals surface area contributed by atoms with Gasteiger partial charge in [-0.15, -0.1) is 11.3 Å². The summed E-state index contributed by atoms with van der Waals surface area (Å²) in [4.78, 5) is 10.5. The molecule has 0 spiro atoms. The Hall–Kier alpha value is -2.39. The molecule has 0 aliphatic carbocycles. The van der Waals surface area contributed by atoms with E-state index in [4.69, 9.17) is 0 Å². The molecule has 4 aromatic rings. The summed E-state index contributed by atoms with van der Waals surface area (Å²) in [6, 6.07) is 11.4. The minimum atomic E-state index is -4.36. The van der Waals surface area contributed by atoms with Crippen LogP contribution in [0.4, 0.5) is 24.1 Å². The minimum absolute atomic E-state index is 0.0369. The van der Waals surface area contributed by atoms with Gasteiger partial charge in [-0.3, -0.25) is 4.40 Å². The zero-order valence-corrected chi connectivity index (χ0v) is 17.9. The van der Waals surface area contributed by atoms with Crippen LogP contribution in [-0.4, -0.2) is 27.6 Å². The van der Waals surface area contributed by atoms with Gasteiger partial charge in [-0.1, -0.05) is 29.8 Å². The van der Waals surface area contributed by atoms with Gasteiger partial charge in [-0.25, -0.2) is 9.97 Å². The van der Waals surface area contributed by atoms with Crippen molar-refractivity contribution in [2.45, 2.75) is 19.5 Å². The third-order valence-electron chi connectivity index (χ3n) is 4.44. The maximum Gasteiger partial charge on any atom is 0.394 e. The van der Waals surface area contributed by atoms with E-state index in [1.165, 1.54) is 11.3 Å². The highest BCUT2D eigenvalue weighted by atomic mass is 79.9. The molecule has 0 bridgehead atoms. The second kappa shape index (κ2) is 7.46. The highest BCUT2D eigenvalue weighted by Crippen LogP contribution is 2.36. The van der Waals surface area contributed by atoms with E-state index in [2.05, 4.69) is 25.9 Å². The van der Waals surface area contributed by atoms with Gasteiger partial charge in [0.25, 0.3) is 0 Å². The number of fused-ring (bicyclic) bond motifs is 1. The summed E-state index contributed by atoms with van der Waals surface area (Å²) in [6.45, 7) is 2.01. The molecule has 0 unspecified atom stereocenters. The van der Waals surface area contributed by atoms with E-state index in [0.717, 1.165) is 21.3 Å². The molecular formula is C20H16BrF3N4S. The van der Waals surface area contributed by atoms with Gasteiger partial charge in [0, 0.05) is 28.7 Å². The Labute approximate surface area is 177 Å². The Bertz CT molecular complexity index is 1160. The molecule has 0 N–H and O–H groups in total. The number of halogens is 4. The fourth-order valence-electron chi connectivity index (χ4n) is 3.08. The SMILES string of the molecule is Cc1ccc(-c2csc(N(C)c3c(CC(F)(F)F)nc4ccc(Br)cn34)n2)cc1. The van der Waals surface area contributed by atoms with Gasteiger partial charge in [-0.05, 0) is 35.0 Å². The normalized spacial score (nSPS) is 11.9. The molecule has 3 heterocycles. The number of imidazole rings is 1. The van der Waals surface area contributed by atoms with Crippen LogP contribution in [0.3, 0.4) is 0 Å². The van der Waals surface area contributed by atoms with E-state index >= 15 is 0 Å². The number of hydrogen-bond donors (Lipinski definition) is 0. The first kappa shape index (κ1) is 19.9. The van der Waals surface area contributed by atoms with Crippen molar-refractivity contribution >= 4 is 43.9 Å². The number of benzene rings is 1. The molecule has 150 valence electrons. The quantitative estimate of drug-likeness (QED) is 0.338. The summed E-state index contributed by atoms with van der Waals surface area (Å²) in [7, 11) is 1.71. The van der Waals surface area contributed by atoms with Crippen molar-refractivity contribution in [1.82, 2.24) is 14.4 Å². The van der Waals surface area contributed by atoms with Crippen LogP contribution < -0.4 is 4.90 Å². The third-order valence-corrected chi connectivity index (χ3v) is 5.82. The lowest BCUT2D eigenvalue weighted by Crippen LogP contribution is -2.18. The van der Waals surface area contributed by atoms with Crippen LogP contribution in [0.5, 0.6) is 0 Å². The molecule has 0 radical (unpaired) electrons. The van der Waals surface area contributed by atoms with Gasteiger partial charge < -0.3 is 4.90 Å². The standard InChI is InChI=1S/C20H16BrF3N4S/c1-12-3-5-13(6-4-12)16-11-29-19(26-16)27(2)18-15(9-20(22,23)24)25-17-8-7-14(21)10-28(17)18/h3-8,10-11H,9H2,1-2H3. The van der Waals surface area contributed by atoms with Crippen molar-refractivity contribution in [3.05, 3.63) is 63.7 Å². The Morgan fingerprint density at radius 1 is 1.10 bits per heavy atom. The van der Waals surface area contributed by atoms with Crippen LogP contribution in [0.15, 0.2) is 52.4 Å². The maximum atomic E-state index is 13.2. The molecule has 0 saturated heterocycles. The summed E-state index contributed by atoms with van der Waals surface area (Å²) >= 11 is 4.76. The van der Waals surface area contributed by atoms with E-state index in [-0.39, 0.29) is 5.69 Å². The first-order chi connectivity index (χ1) is 13.7. The van der Waals surface area contributed by atoms with Gasteiger partial charge in [0.1, 0.15) is 11.5 Å². The summed E-state index contributed by atoms with van der Waals surface area (Å²) in [6.07, 6.45) is -3.76. The van der Waals surface area contributed by atoms with Gasteiger partial charge in [0.15, 0.2) is 5.13 Å². The van der Waals surface area contributed by atoms with E-state index in [9.17, 15) is 13.2 Å². The van der Waals surface area contributed by atoms with Crippen molar-refractivity contribution in [3.8, 4) is 11.3 Å². The van der Waals surface area contributed by atoms with Gasteiger partial charge in [-0.2, -0.15) is 13.2 Å². The molecule has 9 heteroatoms. The fraction of sp³-hybridized carbons (Fsp3) is 0.200. The zero-order valence-electron chi connectivity index (χ0n) is 15.5. The molecule has 4 rings (SSSR count). The average molecular weight is 481 g/mol. The number of hydrogen-bond acceptors (Lipinski definition) is 4. The lowest BCUT2D eigenvalue weighted by atomic mass is 10.1. The Kier molecular flexibility index (Phi) is 5.12. The summed E-state index contributed by atoms with van der Waals surface area (Å²) in [5.74, 6) is 0.350. The number of aryl methyl sites for hydroxylation is 1. The van der Waals surface area contributed by atoms with E-state index < -0.39 is 12.6 Å². The third kappa shape index (κ3) is 4.16. The Morgan fingerprint density at radius 2 is 1.83 bits per heavy atom. The molecule has 29 heavy (non-hydrogen) atoms. The molecule has 0 fully saturated rings. The predicted octanol–water partition coefficient (Wildman–Crippen LogP) is 6.40. The number of pyridine rings is 1. The largest absolute Gasteiger partial charge is 0.394 e. The first-order valence-electron chi connectivity index (χ1n) is 8.71. The number of anilines is 2. The van der Waals surface area contributed by atoms with Gasteiger partial charge in [0.05, 0.1) is 17.8 Å². The lowest BCUT2D eigenvalue weighted by molar-refractivity contribution is -0.127. The smallest absolute Gasteiger partial charge is 0.305 e. The molecule has 3 aromatic heterocycles. The second-order valence-electron chi connectivity index (χ2n) is 6.69. The number of aromatic nitrogens is 3. The van der Waals surface area contributed by atoms with E-state index in [1.54, 1.807) is 34.7 Å². The molecule has 0 atom stereocenters. The van der Waals surface area contributed by atoms with Crippen molar-refractivity contribution in [3.63, 3.8) is 0 Å². The van der Waals surface area contributed by atoms with Crippen molar-refractivity contribution in [2.75, 3.05) is 11.9 Å². The lowest BCUT2D eigenvalue weighted by Gasteiger charge is -2.18. The monoisotopic (exact) mass is 480 g/mol. The highest BCUT2D eigenvalue weighted by Gasteiger charge is 2.33. The molecule has 0 saturated carbocycles. The van der Waals surface area contributed by atoms with Crippen molar-refractivity contribution in [2.24, 2.45) is 0 Å². The highest BCUT2D eigenvalue weighted by molar-refractivity contribution is 9.10. The van der Waals surface area contributed by atoms with Crippen LogP contribution in [-0.2, 0) is 6.42 Å². The zero-order chi connectivity index (χ0) is 20.8. The fourth-order valence-corrected chi connectivity index (χ4v) is 4.22. The topological polar surface area (TPSA) is 33.4 Å². The molecule has 0 aliphatic heterocycles. The summed E-state index contributed by atoms with van der Waals surface area (Å²) in [5.41, 5.74) is 3.30. The molecule has 1 aromatic carbocycles. The van der Waals surface area contributed by atoms with Crippen LogP contribution in [0.25, 0.3) is 16.9 Å².